The highest BCUT2D eigenvalue weighted by Gasteiger charge is 2.07. The van der Waals surface area contributed by atoms with E-state index in [2.05, 4.69) is 10.3 Å². The fourth-order valence-electron chi connectivity index (χ4n) is 2.15. The number of furan rings is 1. The summed E-state index contributed by atoms with van der Waals surface area (Å²) < 4.78 is 5.53. The smallest absolute Gasteiger partial charge is 0.303 e. The Bertz CT molecular complexity index is 875. The summed E-state index contributed by atoms with van der Waals surface area (Å²) in [6.45, 7) is 1.79. The summed E-state index contributed by atoms with van der Waals surface area (Å²) in [5, 5.41) is 12.3. The van der Waals surface area contributed by atoms with Gasteiger partial charge >= 0.3 is 5.97 Å². The van der Waals surface area contributed by atoms with Crippen molar-refractivity contribution in [1.29, 1.82) is 0 Å². The quantitative estimate of drug-likeness (QED) is 0.645. The molecule has 7 nitrogen and oxygen atoms in total. The van der Waals surface area contributed by atoms with E-state index in [-0.39, 0.29) is 12.3 Å². The molecule has 1 aromatic carbocycles. The van der Waals surface area contributed by atoms with Gasteiger partial charge in [0.1, 0.15) is 17.2 Å². The number of nitrogens with one attached hydrogen (secondary N) is 1. The average Bonchev–Trinajstić information content (AvgIpc) is 3.03. The van der Waals surface area contributed by atoms with Crippen LogP contribution in [0.3, 0.4) is 0 Å². The van der Waals surface area contributed by atoms with Crippen LogP contribution in [0.25, 0.3) is 11.0 Å². The number of benzene rings is 1. The third kappa shape index (κ3) is 5.94. The zero-order valence-electron chi connectivity index (χ0n) is 14.4. The van der Waals surface area contributed by atoms with E-state index >= 15 is 0 Å². The van der Waals surface area contributed by atoms with E-state index in [9.17, 15) is 9.59 Å². The fraction of sp³-hybridized carbons (Fsp3) is 0.211. The summed E-state index contributed by atoms with van der Waals surface area (Å²) in [6.07, 6.45) is 2.49. The van der Waals surface area contributed by atoms with Gasteiger partial charge in [-0.1, -0.05) is 13.0 Å². The molecule has 0 aliphatic heterocycles. The maximum atomic E-state index is 11.3. The largest absolute Gasteiger partial charge is 0.481 e. The number of nitrogens with two attached hydrogens (primary N) is 1. The number of amides is 1. The Balaban J connectivity index is 0.000000290. The van der Waals surface area contributed by atoms with Gasteiger partial charge in [-0.2, -0.15) is 0 Å². The molecule has 0 fully saturated rings. The lowest BCUT2D eigenvalue weighted by Crippen LogP contribution is -2.08. The predicted octanol–water partition coefficient (Wildman–Crippen LogP) is 3.46. The summed E-state index contributed by atoms with van der Waals surface area (Å²) in [5.41, 5.74) is 6.65. The first-order valence-corrected chi connectivity index (χ1v) is 8.18. The molecule has 0 saturated carbocycles. The van der Waals surface area contributed by atoms with Crippen LogP contribution in [-0.4, -0.2) is 22.0 Å². The van der Waals surface area contributed by atoms with Crippen molar-refractivity contribution in [3.05, 3.63) is 54.4 Å². The van der Waals surface area contributed by atoms with Crippen LogP contribution in [-0.2, 0) is 16.0 Å². The molecule has 0 radical (unpaired) electrons. The second-order valence-corrected chi connectivity index (χ2v) is 5.52. The van der Waals surface area contributed by atoms with E-state index in [4.69, 9.17) is 15.3 Å². The minimum atomic E-state index is -0.851. The number of aromatic nitrogens is 1. The van der Waals surface area contributed by atoms with Crippen molar-refractivity contribution in [2.75, 3.05) is 11.1 Å². The van der Waals surface area contributed by atoms with Crippen molar-refractivity contribution >= 4 is 34.4 Å². The molecular weight excluding hydrogens is 334 g/mol. The van der Waals surface area contributed by atoms with E-state index in [1.165, 1.54) is 0 Å². The SMILES string of the molecule is CCC(=O)Nc1ccc2oc(CCC(=O)O)cc2c1.Nc1ccccn1. The average molecular weight is 355 g/mol. The monoisotopic (exact) mass is 355 g/mol. The van der Waals surface area contributed by atoms with Gasteiger partial charge in [0.05, 0.1) is 6.42 Å². The third-order valence-electron chi connectivity index (χ3n) is 3.45. The van der Waals surface area contributed by atoms with E-state index in [0.29, 0.717) is 35.7 Å². The molecule has 4 N–H and O–H groups in total. The number of fused-ring (bicyclic) bond motifs is 1. The molecule has 0 saturated heterocycles. The number of carbonyl (C=O) groups is 2. The Morgan fingerprint density at radius 3 is 2.62 bits per heavy atom. The van der Waals surface area contributed by atoms with Crippen LogP contribution in [0.1, 0.15) is 25.5 Å². The number of pyridine rings is 1. The molecule has 26 heavy (non-hydrogen) atoms. The lowest BCUT2D eigenvalue weighted by atomic mass is 10.2. The first-order valence-electron chi connectivity index (χ1n) is 8.18. The number of carboxylic acids is 1. The van der Waals surface area contributed by atoms with Crippen LogP contribution in [0.2, 0.25) is 0 Å². The minimum absolute atomic E-state index is 0.0409. The molecule has 0 atom stereocenters. The van der Waals surface area contributed by atoms with Gasteiger partial charge in [0.25, 0.3) is 0 Å². The van der Waals surface area contributed by atoms with Gasteiger partial charge in [-0.05, 0) is 36.4 Å². The summed E-state index contributed by atoms with van der Waals surface area (Å²) in [5.74, 6) is 0.309. The highest BCUT2D eigenvalue weighted by molar-refractivity contribution is 5.93. The second kappa shape index (κ2) is 9.22. The summed E-state index contributed by atoms with van der Waals surface area (Å²) in [4.78, 5) is 25.6. The summed E-state index contributed by atoms with van der Waals surface area (Å²) >= 11 is 0. The molecule has 2 heterocycles. The summed E-state index contributed by atoms with van der Waals surface area (Å²) in [7, 11) is 0. The molecule has 3 rings (SSSR count). The topological polar surface area (TPSA) is 118 Å². The number of hydrogen-bond acceptors (Lipinski definition) is 5. The van der Waals surface area contributed by atoms with Gasteiger partial charge in [0, 0.05) is 30.1 Å². The standard InChI is InChI=1S/C14H15NO4.C5H6N2/c1-2-13(16)15-10-3-5-12-9(7-10)8-11(19-12)4-6-14(17)18;6-5-3-1-2-4-7-5/h3,5,7-8H,2,4,6H2,1H3,(H,15,16)(H,17,18);1-4H,(H2,6,7). The van der Waals surface area contributed by atoms with Crippen molar-refractivity contribution < 1.29 is 19.1 Å². The van der Waals surface area contributed by atoms with E-state index < -0.39 is 5.97 Å². The van der Waals surface area contributed by atoms with E-state index in [0.717, 1.165) is 5.39 Å². The van der Waals surface area contributed by atoms with Crippen molar-refractivity contribution in [2.45, 2.75) is 26.2 Å². The molecule has 7 heteroatoms. The number of anilines is 2. The first kappa shape index (κ1) is 19.0. The van der Waals surface area contributed by atoms with Crippen LogP contribution in [0.4, 0.5) is 11.5 Å². The fourth-order valence-corrected chi connectivity index (χ4v) is 2.15. The number of aryl methyl sites for hydroxylation is 1. The van der Waals surface area contributed by atoms with Gasteiger partial charge in [-0.15, -0.1) is 0 Å². The van der Waals surface area contributed by atoms with Gasteiger partial charge in [0.15, 0.2) is 0 Å². The number of nitrogens with zero attached hydrogens (tertiary/aromatic N) is 1. The van der Waals surface area contributed by atoms with Crippen LogP contribution in [0.5, 0.6) is 0 Å². The van der Waals surface area contributed by atoms with Gasteiger partial charge < -0.3 is 20.6 Å². The van der Waals surface area contributed by atoms with Crippen LogP contribution in [0, 0.1) is 0 Å². The van der Waals surface area contributed by atoms with Crippen molar-refractivity contribution in [1.82, 2.24) is 4.98 Å². The predicted molar refractivity (Wildman–Crippen MR) is 99.7 cm³/mol. The van der Waals surface area contributed by atoms with E-state index in [1.807, 2.05) is 18.2 Å². The molecule has 0 aliphatic carbocycles. The zero-order valence-corrected chi connectivity index (χ0v) is 14.4. The molecule has 0 aliphatic rings. The second-order valence-electron chi connectivity index (χ2n) is 5.52. The van der Waals surface area contributed by atoms with Crippen LogP contribution >= 0.6 is 0 Å². The molecule has 136 valence electrons. The number of carbonyl (C=O) groups excluding carboxylic acids is 1. The molecule has 1 amide bonds. The Morgan fingerprint density at radius 1 is 1.23 bits per heavy atom. The van der Waals surface area contributed by atoms with Crippen molar-refractivity contribution in [2.24, 2.45) is 0 Å². The zero-order chi connectivity index (χ0) is 18.9. The van der Waals surface area contributed by atoms with Gasteiger partial charge in [-0.25, -0.2) is 4.98 Å². The van der Waals surface area contributed by atoms with Crippen LogP contribution < -0.4 is 11.1 Å². The first-order chi connectivity index (χ1) is 12.5. The van der Waals surface area contributed by atoms with Crippen LogP contribution in [0.15, 0.2) is 53.1 Å². The number of carboxylic acid groups (broad SMARTS) is 1. The maximum Gasteiger partial charge on any atom is 0.303 e. The van der Waals surface area contributed by atoms with Gasteiger partial charge in [-0.3, -0.25) is 9.59 Å². The number of hydrogen-bond donors (Lipinski definition) is 3. The highest BCUT2D eigenvalue weighted by Crippen LogP contribution is 2.24. The molecular formula is C19H21N3O4. The van der Waals surface area contributed by atoms with Crippen molar-refractivity contribution in [3.63, 3.8) is 0 Å². The minimum Gasteiger partial charge on any atom is -0.481 e. The lowest BCUT2D eigenvalue weighted by Gasteiger charge is -2.02. The Morgan fingerprint density at radius 2 is 2.04 bits per heavy atom. The molecule has 0 unspecified atom stereocenters. The summed E-state index contributed by atoms with van der Waals surface area (Å²) in [6, 6.07) is 12.6. The molecule has 0 spiro atoms. The number of rotatable bonds is 5. The number of nitrogen functional groups attached to an aromatic ring is 1. The molecule has 2 aromatic heterocycles. The normalized spacial score (nSPS) is 10.0. The lowest BCUT2D eigenvalue weighted by molar-refractivity contribution is -0.137. The maximum absolute atomic E-state index is 11.3. The molecule has 3 aromatic rings. The number of aliphatic carboxylic acids is 1. The third-order valence-corrected chi connectivity index (χ3v) is 3.45. The Kier molecular flexibility index (Phi) is 6.73. The highest BCUT2D eigenvalue weighted by atomic mass is 16.4. The van der Waals surface area contributed by atoms with Crippen molar-refractivity contribution in [3.8, 4) is 0 Å². The van der Waals surface area contributed by atoms with Gasteiger partial charge in [0.2, 0.25) is 5.91 Å². The Hall–Kier alpha value is -3.35. The van der Waals surface area contributed by atoms with E-state index in [1.54, 1.807) is 37.4 Å². The Labute approximate surface area is 150 Å². The molecule has 0 bridgehead atoms.